The monoisotopic (exact) mass is 462 g/mol. The lowest BCUT2D eigenvalue weighted by Gasteiger charge is -2.38. The van der Waals surface area contributed by atoms with Gasteiger partial charge >= 0.3 is 0 Å². The number of aromatic nitrogens is 3. The third kappa shape index (κ3) is 4.11. The predicted octanol–water partition coefficient (Wildman–Crippen LogP) is 4.80. The summed E-state index contributed by atoms with van der Waals surface area (Å²) in [5, 5.41) is 3.68. The molecule has 0 saturated carbocycles. The Morgan fingerprint density at radius 1 is 1.12 bits per heavy atom. The second kappa shape index (κ2) is 8.26. The Bertz CT molecular complexity index is 1330. The molecule has 1 aliphatic heterocycles. The third-order valence-electron chi connectivity index (χ3n) is 6.01. The molecule has 0 amide bonds. The van der Waals surface area contributed by atoms with Crippen molar-refractivity contribution >= 4 is 23.4 Å². The van der Waals surface area contributed by atoms with Gasteiger partial charge in [-0.2, -0.15) is 0 Å². The molecule has 0 spiro atoms. The van der Waals surface area contributed by atoms with Crippen LogP contribution in [0.15, 0.2) is 69.9 Å². The van der Waals surface area contributed by atoms with Crippen molar-refractivity contribution in [2.24, 2.45) is 5.41 Å². The minimum absolute atomic E-state index is 0.0208. The van der Waals surface area contributed by atoms with Gasteiger partial charge in [0.15, 0.2) is 10.9 Å². The van der Waals surface area contributed by atoms with Crippen molar-refractivity contribution in [1.82, 2.24) is 15.0 Å². The number of nitrogens with one attached hydrogen (secondary N) is 2. The summed E-state index contributed by atoms with van der Waals surface area (Å²) in [6.45, 7) is 4.12. The molecule has 2 aromatic heterocycles. The van der Waals surface area contributed by atoms with E-state index in [9.17, 15) is 14.0 Å². The molecule has 1 atom stereocenters. The average molecular weight is 463 g/mol. The minimum atomic E-state index is -0.581. The maximum absolute atomic E-state index is 14.0. The molecular formula is C25H23FN4O2S. The molecule has 0 bridgehead atoms. The van der Waals surface area contributed by atoms with Crippen molar-refractivity contribution in [2.75, 3.05) is 5.32 Å². The normalized spacial score (nSPS) is 19.0. The second-order valence-electron chi connectivity index (χ2n) is 9.16. The number of H-pyrrole nitrogens is 1. The van der Waals surface area contributed by atoms with E-state index >= 15 is 0 Å². The number of thioether (sulfide) groups is 1. The molecule has 2 N–H and O–H groups in total. The number of halogens is 1. The highest BCUT2D eigenvalue weighted by atomic mass is 32.2. The van der Waals surface area contributed by atoms with Gasteiger partial charge < -0.3 is 10.3 Å². The summed E-state index contributed by atoms with van der Waals surface area (Å²) in [4.78, 5) is 38.4. The highest BCUT2D eigenvalue weighted by molar-refractivity contribution is 7.98. The number of carbonyl (C=O) groups is 1. The fourth-order valence-electron chi connectivity index (χ4n) is 4.57. The smallest absolute Gasteiger partial charge is 0.257 e. The van der Waals surface area contributed by atoms with Gasteiger partial charge in [-0.1, -0.05) is 49.9 Å². The van der Waals surface area contributed by atoms with Crippen LogP contribution in [-0.4, -0.2) is 20.7 Å². The number of pyridine rings is 1. The molecule has 0 fully saturated rings. The number of carbonyl (C=O) groups excluding carboxylic acids is 1. The first-order chi connectivity index (χ1) is 15.8. The SMILES string of the molecule is CC1(C)CC(=O)C2=C(C1)Nc1nc(SCc3ccccc3F)[nH]c(=O)c1[C@H]2c1ccccn1. The topological polar surface area (TPSA) is 87.7 Å². The zero-order valence-electron chi connectivity index (χ0n) is 18.3. The number of benzene rings is 1. The standard InChI is InChI=1S/C25H23FN4O2S/c1-25(2)11-17-19(18(31)12-25)20(16-9-5-6-10-27-16)21-22(28-17)29-24(30-23(21)32)33-13-14-7-3-4-8-15(14)26/h3-10,20H,11-13H2,1-2H3,(H2,28,29,30,32)/t20-/m0/s1. The maximum Gasteiger partial charge on any atom is 0.257 e. The van der Waals surface area contributed by atoms with Crippen LogP contribution in [-0.2, 0) is 10.5 Å². The van der Waals surface area contributed by atoms with Gasteiger partial charge in [-0.25, -0.2) is 9.37 Å². The van der Waals surface area contributed by atoms with Crippen LogP contribution >= 0.6 is 11.8 Å². The van der Waals surface area contributed by atoms with Crippen molar-refractivity contribution in [3.63, 3.8) is 0 Å². The Kier molecular flexibility index (Phi) is 5.40. The summed E-state index contributed by atoms with van der Waals surface area (Å²) in [6, 6.07) is 12.0. The molecule has 0 saturated heterocycles. The van der Waals surface area contributed by atoms with E-state index in [0.29, 0.717) is 52.0 Å². The van der Waals surface area contributed by atoms with Crippen LogP contribution in [0.2, 0.25) is 0 Å². The van der Waals surface area contributed by atoms with Crippen LogP contribution < -0.4 is 10.9 Å². The number of rotatable bonds is 4. The summed E-state index contributed by atoms with van der Waals surface area (Å²) in [7, 11) is 0. The van der Waals surface area contributed by atoms with Crippen molar-refractivity contribution in [3.05, 3.63) is 92.9 Å². The second-order valence-corrected chi connectivity index (χ2v) is 10.1. The van der Waals surface area contributed by atoms with Crippen molar-refractivity contribution in [1.29, 1.82) is 0 Å². The first-order valence-corrected chi connectivity index (χ1v) is 11.8. The number of ketones is 1. The first kappa shape index (κ1) is 21.6. The van der Waals surface area contributed by atoms with Gasteiger partial charge in [0, 0.05) is 29.6 Å². The van der Waals surface area contributed by atoms with Crippen LogP contribution in [0, 0.1) is 11.2 Å². The molecule has 1 aromatic carbocycles. The van der Waals surface area contributed by atoms with Gasteiger partial charge in [0.25, 0.3) is 5.56 Å². The molecule has 5 rings (SSSR count). The summed E-state index contributed by atoms with van der Waals surface area (Å²) < 4.78 is 14.0. The number of hydrogen-bond acceptors (Lipinski definition) is 6. The Balaban J connectivity index is 1.58. The molecule has 33 heavy (non-hydrogen) atoms. The van der Waals surface area contributed by atoms with Crippen LogP contribution in [0.3, 0.4) is 0 Å². The van der Waals surface area contributed by atoms with Crippen LogP contribution in [0.1, 0.15) is 49.4 Å². The Morgan fingerprint density at radius 3 is 2.67 bits per heavy atom. The third-order valence-corrected chi connectivity index (χ3v) is 6.93. The van der Waals surface area contributed by atoms with Gasteiger partial charge in [-0.3, -0.25) is 14.6 Å². The van der Waals surface area contributed by atoms with Gasteiger partial charge in [0.2, 0.25) is 0 Å². The van der Waals surface area contributed by atoms with Gasteiger partial charge in [0.1, 0.15) is 11.6 Å². The number of aromatic amines is 1. The van der Waals surface area contributed by atoms with E-state index < -0.39 is 5.92 Å². The lowest BCUT2D eigenvalue weighted by molar-refractivity contribution is -0.118. The number of anilines is 1. The van der Waals surface area contributed by atoms with Gasteiger partial charge in [-0.05, 0) is 35.6 Å². The van der Waals surface area contributed by atoms with E-state index in [-0.39, 0.29) is 22.6 Å². The fourth-order valence-corrected chi connectivity index (χ4v) is 5.41. The molecule has 1 aliphatic carbocycles. The summed E-state index contributed by atoms with van der Waals surface area (Å²) in [6.07, 6.45) is 2.74. The summed E-state index contributed by atoms with van der Waals surface area (Å²) >= 11 is 1.26. The van der Waals surface area contributed by atoms with E-state index in [1.165, 1.54) is 17.8 Å². The van der Waals surface area contributed by atoms with Crippen LogP contribution in [0.25, 0.3) is 0 Å². The van der Waals surface area contributed by atoms with E-state index in [4.69, 9.17) is 0 Å². The molecule has 3 aromatic rings. The lowest BCUT2D eigenvalue weighted by atomic mass is 9.70. The molecule has 6 nitrogen and oxygen atoms in total. The lowest BCUT2D eigenvalue weighted by Crippen LogP contribution is -2.37. The fraction of sp³-hybridized carbons (Fsp3) is 0.280. The van der Waals surface area contributed by atoms with E-state index in [1.54, 1.807) is 30.5 Å². The number of Topliss-reactive ketones (excluding diaryl/α,β-unsaturated/α-hetero) is 1. The average Bonchev–Trinajstić information content (AvgIpc) is 2.77. The Morgan fingerprint density at radius 2 is 1.91 bits per heavy atom. The quantitative estimate of drug-likeness (QED) is 0.428. The molecule has 0 radical (unpaired) electrons. The van der Waals surface area contributed by atoms with E-state index in [2.05, 4.69) is 34.1 Å². The number of nitrogens with zero attached hydrogens (tertiary/aromatic N) is 2. The first-order valence-electron chi connectivity index (χ1n) is 10.8. The largest absolute Gasteiger partial charge is 0.343 e. The zero-order valence-corrected chi connectivity index (χ0v) is 19.1. The highest BCUT2D eigenvalue weighted by Gasteiger charge is 2.42. The Hall–Kier alpha value is -3.26. The molecular weight excluding hydrogens is 439 g/mol. The number of hydrogen-bond donors (Lipinski definition) is 2. The minimum Gasteiger partial charge on any atom is -0.343 e. The van der Waals surface area contributed by atoms with Crippen LogP contribution in [0.5, 0.6) is 0 Å². The number of allylic oxidation sites excluding steroid dienone is 2. The van der Waals surface area contributed by atoms with Crippen molar-refractivity contribution < 1.29 is 9.18 Å². The Labute approximate surface area is 194 Å². The van der Waals surface area contributed by atoms with Crippen molar-refractivity contribution in [3.8, 4) is 0 Å². The maximum atomic E-state index is 14.0. The van der Waals surface area contributed by atoms with E-state index in [0.717, 1.165) is 5.70 Å². The van der Waals surface area contributed by atoms with Gasteiger partial charge in [0.05, 0.1) is 17.2 Å². The van der Waals surface area contributed by atoms with Crippen LogP contribution in [0.4, 0.5) is 10.2 Å². The number of fused-ring (bicyclic) bond motifs is 1. The molecule has 168 valence electrons. The molecule has 0 unspecified atom stereocenters. The highest BCUT2D eigenvalue weighted by Crippen LogP contribution is 2.47. The van der Waals surface area contributed by atoms with E-state index in [1.807, 2.05) is 12.1 Å². The molecule has 2 aliphatic rings. The molecule has 8 heteroatoms. The summed E-state index contributed by atoms with van der Waals surface area (Å²) in [5.41, 5.74) is 2.42. The summed E-state index contributed by atoms with van der Waals surface area (Å²) in [5.74, 6) is -0.0983. The van der Waals surface area contributed by atoms with Crippen molar-refractivity contribution in [2.45, 2.75) is 43.5 Å². The van der Waals surface area contributed by atoms with Gasteiger partial charge in [-0.15, -0.1) is 0 Å². The molecule has 3 heterocycles. The predicted molar refractivity (Wildman–Crippen MR) is 126 cm³/mol. The zero-order chi connectivity index (χ0) is 23.2.